The van der Waals surface area contributed by atoms with Crippen molar-refractivity contribution in [1.82, 2.24) is 4.98 Å². The summed E-state index contributed by atoms with van der Waals surface area (Å²) in [5.74, 6) is 0. The van der Waals surface area contributed by atoms with Gasteiger partial charge < -0.3 is 10.1 Å². The normalized spacial score (nSPS) is 10.9. The Morgan fingerprint density at radius 1 is 1.47 bits per heavy atom. The number of halogens is 1. The molecular weight excluding hydrogens is 214 g/mol. The van der Waals surface area contributed by atoms with Crippen LogP contribution in [0.25, 0.3) is 10.9 Å². The van der Waals surface area contributed by atoms with Crippen LogP contribution in [0, 0.1) is 6.92 Å². The van der Waals surface area contributed by atoms with E-state index in [1.165, 1.54) is 0 Å². The molecule has 0 saturated heterocycles. The number of aliphatic hydroxyl groups excluding tert-OH is 1. The van der Waals surface area contributed by atoms with Crippen molar-refractivity contribution in [2.75, 3.05) is 0 Å². The van der Waals surface area contributed by atoms with E-state index in [4.69, 9.17) is 16.7 Å². The number of nitrogens with one attached hydrogen (secondary N) is 1. The lowest BCUT2D eigenvalue weighted by Crippen LogP contribution is -2.12. The maximum absolute atomic E-state index is 11.5. The molecule has 4 heteroatoms. The largest absolute Gasteiger partial charge is 0.391 e. The number of hydrogen-bond acceptors (Lipinski definition) is 2. The summed E-state index contributed by atoms with van der Waals surface area (Å²) in [5.41, 5.74) is 1.67. The van der Waals surface area contributed by atoms with Gasteiger partial charge in [-0.05, 0) is 30.0 Å². The lowest BCUT2D eigenvalue weighted by atomic mass is 10.1. The van der Waals surface area contributed by atoms with Gasteiger partial charge in [0.2, 0.25) is 0 Å². The molecule has 1 aromatic heterocycles. The molecule has 0 aliphatic carbocycles. The van der Waals surface area contributed by atoms with Gasteiger partial charge in [0.1, 0.15) is 0 Å². The molecule has 3 nitrogen and oxygen atoms in total. The number of aliphatic hydroxyl groups is 1. The summed E-state index contributed by atoms with van der Waals surface area (Å²) in [6, 6.07) is 5.27. The van der Waals surface area contributed by atoms with Gasteiger partial charge in [0.05, 0.1) is 12.1 Å². The van der Waals surface area contributed by atoms with Crippen molar-refractivity contribution in [3.63, 3.8) is 0 Å². The fraction of sp³-hybridized carbons (Fsp3) is 0.182. The SMILES string of the molecule is Cc1c(Cl)ccc2cc(CO)c(=O)[nH]c12. The molecule has 0 aliphatic heterocycles. The zero-order chi connectivity index (χ0) is 11.0. The number of aromatic amines is 1. The van der Waals surface area contributed by atoms with Crippen LogP contribution in [-0.2, 0) is 6.61 Å². The van der Waals surface area contributed by atoms with Crippen LogP contribution < -0.4 is 5.56 Å². The summed E-state index contributed by atoms with van der Waals surface area (Å²) in [4.78, 5) is 14.2. The molecule has 1 aromatic carbocycles. The van der Waals surface area contributed by atoms with Crippen LogP contribution in [-0.4, -0.2) is 10.1 Å². The van der Waals surface area contributed by atoms with Gasteiger partial charge in [-0.25, -0.2) is 0 Å². The molecule has 2 aromatic rings. The van der Waals surface area contributed by atoms with E-state index in [1.807, 2.05) is 13.0 Å². The number of pyridine rings is 1. The van der Waals surface area contributed by atoms with E-state index in [1.54, 1.807) is 12.1 Å². The molecule has 78 valence electrons. The van der Waals surface area contributed by atoms with E-state index in [0.29, 0.717) is 10.6 Å². The average molecular weight is 224 g/mol. The molecule has 0 aliphatic rings. The van der Waals surface area contributed by atoms with Crippen molar-refractivity contribution >= 4 is 22.5 Å². The van der Waals surface area contributed by atoms with E-state index in [0.717, 1.165) is 16.5 Å². The number of fused-ring (bicyclic) bond motifs is 1. The molecule has 2 N–H and O–H groups in total. The third-order valence-corrected chi connectivity index (χ3v) is 2.87. The van der Waals surface area contributed by atoms with E-state index >= 15 is 0 Å². The van der Waals surface area contributed by atoms with Crippen LogP contribution >= 0.6 is 11.6 Å². The maximum Gasteiger partial charge on any atom is 0.253 e. The quantitative estimate of drug-likeness (QED) is 0.777. The lowest BCUT2D eigenvalue weighted by Gasteiger charge is -2.05. The van der Waals surface area contributed by atoms with Crippen molar-refractivity contribution < 1.29 is 5.11 Å². The minimum Gasteiger partial charge on any atom is -0.391 e. The number of rotatable bonds is 1. The van der Waals surface area contributed by atoms with Gasteiger partial charge in [-0.2, -0.15) is 0 Å². The molecule has 0 spiro atoms. The molecule has 0 atom stereocenters. The molecular formula is C11H10ClNO2. The van der Waals surface area contributed by atoms with Gasteiger partial charge in [-0.3, -0.25) is 4.79 Å². The first kappa shape index (κ1) is 10.2. The van der Waals surface area contributed by atoms with Crippen molar-refractivity contribution in [1.29, 1.82) is 0 Å². The smallest absolute Gasteiger partial charge is 0.253 e. The number of hydrogen-bond donors (Lipinski definition) is 2. The molecule has 0 bridgehead atoms. The average Bonchev–Trinajstić information content (AvgIpc) is 2.24. The topological polar surface area (TPSA) is 53.1 Å². The minimum atomic E-state index is -0.268. The molecule has 15 heavy (non-hydrogen) atoms. The summed E-state index contributed by atoms with van der Waals surface area (Å²) >= 11 is 5.94. The van der Waals surface area contributed by atoms with Crippen LogP contribution in [0.1, 0.15) is 11.1 Å². The van der Waals surface area contributed by atoms with Crippen molar-refractivity contribution in [2.24, 2.45) is 0 Å². The molecule has 2 rings (SSSR count). The van der Waals surface area contributed by atoms with Gasteiger partial charge in [-0.1, -0.05) is 17.7 Å². The van der Waals surface area contributed by atoms with Crippen molar-refractivity contribution in [2.45, 2.75) is 13.5 Å². The Morgan fingerprint density at radius 3 is 2.87 bits per heavy atom. The molecule has 0 fully saturated rings. The second-order valence-corrected chi connectivity index (χ2v) is 3.83. The van der Waals surface area contributed by atoms with Gasteiger partial charge in [0, 0.05) is 10.6 Å². The summed E-state index contributed by atoms with van der Waals surface area (Å²) in [6.07, 6.45) is 0. The Bertz CT molecular complexity index is 575. The second kappa shape index (κ2) is 3.68. The lowest BCUT2D eigenvalue weighted by molar-refractivity contribution is 0.280. The van der Waals surface area contributed by atoms with E-state index in [9.17, 15) is 4.79 Å². The minimum absolute atomic E-state index is 0.257. The molecule has 0 radical (unpaired) electrons. The summed E-state index contributed by atoms with van der Waals surface area (Å²) in [6.45, 7) is 1.59. The second-order valence-electron chi connectivity index (χ2n) is 3.42. The first-order valence-corrected chi connectivity index (χ1v) is 4.93. The molecule has 0 saturated carbocycles. The predicted octanol–water partition coefficient (Wildman–Crippen LogP) is 1.98. The van der Waals surface area contributed by atoms with Crippen molar-refractivity contribution in [3.05, 3.63) is 44.7 Å². The number of aromatic nitrogens is 1. The third kappa shape index (κ3) is 1.64. The Hall–Kier alpha value is -1.32. The van der Waals surface area contributed by atoms with E-state index in [2.05, 4.69) is 4.98 Å². The Labute approximate surface area is 91.3 Å². The Balaban J connectivity index is 2.87. The van der Waals surface area contributed by atoms with Crippen molar-refractivity contribution in [3.8, 4) is 0 Å². The van der Waals surface area contributed by atoms with Gasteiger partial charge in [-0.15, -0.1) is 0 Å². The molecule has 1 heterocycles. The standard InChI is InChI=1S/C11H10ClNO2/c1-6-9(12)3-2-7-4-8(5-14)11(15)13-10(6)7/h2-4,14H,5H2,1H3,(H,13,15). The Kier molecular flexibility index (Phi) is 2.50. The highest BCUT2D eigenvalue weighted by atomic mass is 35.5. The zero-order valence-electron chi connectivity index (χ0n) is 8.17. The molecule has 0 amide bonds. The van der Waals surface area contributed by atoms with Gasteiger partial charge in [0.25, 0.3) is 5.56 Å². The Morgan fingerprint density at radius 2 is 2.20 bits per heavy atom. The first-order valence-electron chi connectivity index (χ1n) is 4.55. The highest BCUT2D eigenvalue weighted by molar-refractivity contribution is 6.32. The third-order valence-electron chi connectivity index (χ3n) is 2.46. The van der Waals surface area contributed by atoms with Crippen LogP contribution in [0.2, 0.25) is 5.02 Å². The number of benzene rings is 1. The fourth-order valence-corrected chi connectivity index (χ4v) is 1.72. The van der Waals surface area contributed by atoms with E-state index in [-0.39, 0.29) is 12.2 Å². The van der Waals surface area contributed by atoms with Crippen LogP contribution in [0.4, 0.5) is 0 Å². The van der Waals surface area contributed by atoms with Crippen LogP contribution in [0.3, 0.4) is 0 Å². The predicted molar refractivity (Wildman–Crippen MR) is 60.2 cm³/mol. The highest BCUT2D eigenvalue weighted by Crippen LogP contribution is 2.22. The summed E-state index contributed by atoms with van der Waals surface area (Å²) in [7, 11) is 0. The van der Waals surface area contributed by atoms with Gasteiger partial charge >= 0.3 is 0 Å². The number of aryl methyl sites for hydroxylation is 1. The maximum atomic E-state index is 11.5. The summed E-state index contributed by atoms with van der Waals surface area (Å²) in [5, 5.41) is 10.5. The molecule has 0 unspecified atom stereocenters. The zero-order valence-corrected chi connectivity index (χ0v) is 8.93. The first-order chi connectivity index (χ1) is 7.13. The van der Waals surface area contributed by atoms with Crippen LogP contribution in [0.15, 0.2) is 23.0 Å². The summed E-state index contributed by atoms with van der Waals surface area (Å²) < 4.78 is 0. The van der Waals surface area contributed by atoms with Crippen LogP contribution in [0.5, 0.6) is 0 Å². The highest BCUT2D eigenvalue weighted by Gasteiger charge is 2.05. The number of H-pyrrole nitrogens is 1. The van der Waals surface area contributed by atoms with E-state index < -0.39 is 0 Å². The monoisotopic (exact) mass is 223 g/mol. The van der Waals surface area contributed by atoms with Gasteiger partial charge in [0.15, 0.2) is 0 Å². The fourth-order valence-electron chi connectivity index (χ4n) is 1.56.